The molecular weight excluding hydrogens is 388 g/mol. The van der Waals surface area contributed by atoms with Crippen molar-refractivity contribution in [2.75, 3.05) is 13.2 Å². The number of nitrogens with zero attached hydrogens (tertiary/aromatic N) is 1. The average Bonchev–Trinajstić information content (AvgIpc) is 2.74. The zero-order valence-corrected chi connectivity index (χ0v) is 19.5. The highest BCUT2D eigenvalue weighted by molar-refractivity contribution is 5.87. The number of ether oxygens (including phenoxy) is 1. The summed E-state index contributed by atoms with van der Waals surface area (Å²) in [6.07, 6.45) is 0.927. The van der Waals surface area contributed by atoms with Crippen LogP contribution in [-0.4, -0.2) is 35.9 Å². The SMILES string of the molecule is Cc1ccc(OCCCC(=O)N(Cc2cccc(C)c2)[C@H](C)C(=O)NCC(C)C)cc1. The molecule has 0 fully saturated rings. The second-order valence-corrected chi connectivity index (χ2v) is 8.59. The van der Waals surface area contributed by atoms with E-state index in [9.17, 15) is 9.59 Å². The lowest BCUT2D eigenvalue weighted by atomic mass is 10.1. The van der Waals surface area contributed by atoms with Gasteiger partial charge in [-0.1, -0.05) is 61.4 Å². The average molecular weight is 425 g/mol. The number of benzene rings is 2. The van der Waals surface area contributed by atoms with E-state index in [0.29, 0.717) is 38.5 Å². The summed E-state index contributed by atoms with van der Waals surface area (Å²) in [4.78, 5) is 27.4. The van der Waals surface area contributed by atoms with Gasteiger partial charge >= 0.3 is 0 Å². The minimum Gasteiger partial charge on any atom is -0.494 e. The lowest BCUT2D eigenvalue weighted by molar-refractivity contribution is -0.140. The molecule has 2 amide bonds. The molecular formula is C26H36N2O3. The van der Waals surface area contributed by atoms with Gasteiger partial charge in [-0.15, -0.1) is 0 Å². The van der Waals surface area contributed by atoms with E-state index in [1.54, 1.807) is 11.8 Å². The van der Waals surface area contributed by atoms with Crippen LogP contribution in [0.4, 0.5) is 0 Å². The van der Waals surface area contributed by atoms with Gasteiger partial charge in [0.05, 0.1) is 6.61 Å². The van der Waals surface area contributed by atoms with Crippen molar-refractivity contribution in [1.82, 2.24) is 10.2 Å². The monoisotopic (exact) mass is 424 g/mol. The molecule has 0 aliphatic rings. The van der Waals surface area contributed by atoms with Gasteiger partial charge in [-0.05, 0) is 50.8 Å². The lowest BCUT2D eigenvalue weighted by Gasteiger charge is -2.29. The second kappa shape index (κ2) is 12.1. The molecule has 0 bridgehead atoms. The third-order valence-electron chi connectivity index (χ3n) is 5.11. The van der Waals surface area contributed by atoms with E-state index >= 15 is 0 Å². The summed E-state index contributed by atoms with van der Waals surface area (Å²) in [5.41, 5.74) is 3.33. The van der Waals surface area contributed by atoms with E-state index in [1.165, 1.54) is 5.56 Å². The summed E-state index contributed by atoms with van der Waals surface area (Å²) in [6.45, 7) is 11.4. The van der Waals surface area contributed by atoms with Crippen LogP contribution in [0.5, 0.6) is 5.75 Å². The van der Waals surface area contributed by atoms with E-state index in [2.05, 4.69) is 25.2 Å². The van der Waals surface area contributed by atoms with E-state index in [-0.39, 0.29) is 11.8 Å². The summed E-state index contributed by atoms with van der Waals surface area (Å²) < 4.78 is 5.75. The molecule has 0 unspecified atom stereocenters. The Balaban J connectivity index is 1.98. The fourth-order valence-corrected chi connectivity index (χ4v) is 3.23. The molecule has 0 aliphatic carbocycles. The van der Waals surface area contributed by atoms with Crippen LogP contribution in [0.1, 0.15) is 50.3 Å². The van der Waals surface area contributed by atoms with Crippen molar-refractivity contribution < 1.29 is 14.3 Å². The maximum atomic E-state index is 13.1. The normalized spacial score (nSPS) is 11.8. The Bertz CT molecular complexity index is 846. The Morgan fingerprint density at radius 3 is 2.35 bits per heavy atom. The Morgan fingerprint density at radius 2 is 1.71 bits per heavy atom. The van der Waals surface area contributed by atoms with Gasteiger partial charge in [0.25, 0.3) is 0 Å². The molecule has 5 heteroatoms. The van der Waals surface area contributed by atoms with E-state index < -0.39 is 6.04 Å². The van der Waals surface area contributed by atoms with E-state index in [0.717, 1.165) is 16.9 Å². The van der Waals surface area contributed by atoms with Crippen molar-refractivity contribution in [2.45, 2.75) is 60.0 Å². The predicted octanol–water partition coefficient (Wildman–Crippen LogP) is 4.65. The fraction of sp³-hybridized carbons (Fsp3) is 0.462. The number of hydrogen-bond donors (Lipinski definition) is 1. The van der Waals surface area contributed by atoms with Gasteiger partial charge in [0.15, 0.2) is 0 Å². The smallest absolute Gasteiger partial charge is 0.242 e. The van der Waals surface area contributed by atoms with Crippen molar-refractivity contribution in [3.05, 3.63) is 65.2 Å². The standard InChI is InChI=1S/C26H36N2O3/c1-19(2)17-27-26(30)22(5)28(18-23-9-6-8-21(4)16-23)25(29)10-7-15-31-24-13-11-20(3)12-14-24/h6,8-9,11-14,16,19,22H,7,10,15,17-18H2,1-5H3,(H,27,30)/t22-/m1/s1. The van der Waals surface area contributed by atoms with Crippen LogP contribution in [0.2, 0.25) is 0 Å². The first-order valence-electron chi connectivity index (χ1n) is 11.1. The molecule has 31 heavy (non-hydrogen) atoms. The molecule has 5 nitrogen and oxygen atoms in total. The van der Waals surface area contributed by atoms with Crippen LogP contribution >= 0.6 is 0 Å². The molecule has 168 valence electrons. The number of carbonyl (C=O) groups is 2. The topological polar surface area (TPSA) is 58.6 Å². The number of rotatable bonds is 11. The maximum absolute atomic E-state index is 13.1. The molecule has 0 aliphatic heterocycles. The van der Waals surface area contributed by atoms with Gasteiger partial charge in [-0.3, -0.25) is 9.59 Å². The molecule has 2 aromatic rings. The number of nitrogens with one attached hydrogen (secondary N) is 1. The van der Waals surface area contributed by atoms with Crippen molar-refractivity contribution in [2.24, 2.45) is 5.92 Å². The molecule has 1 N–H and O–H groups in total. The van der Waals surface area contributed by atoms with Gasteiger partial charge in [-0.2, -0.15) is 0 Å². The van der Waals surface area contributed by atoms with Gasteiger partial charge in [0.1, 0.15) is 11.8 Å². The molecule has 0 spiro atoms. The van der Waals surface area contributed by atoms with Crippen LogP contribution in [0, 0.1) is 19.8 Å². The summed E-state index contributed by atoms with van der Waals surface area (Å²) in [5, 5.41) is 2.95. The third kappa shape index (κ3) is 8.44. The van der Waals surface area contributed by atoms with Gasteiger partial charge in [-0.25, -0.2) is 0 Å². The van der Waals surface area contributed by atoms with Crippen LogP contribution < -0.4 is 10.1 Å². The summed E-state index contributed by atoms with van der Waals surface area (Å²) >= 11 is 0. The van der Waals surface area contributed by atoms with Crippen molar-refractivity contribution in [3.8, 4) is 5.75 Å². The second-order valence-electron chi connectivity index (χ2n) is 8.59. The van der Waals surface area contributed by atoms with Gasteiger partial charge in [0, 0.05) is 19.5 Å². The fourth-order valence-electron chi connectivity index (χ4n) is 3.23. The third-order valence-corrected chi connectivity index (χ3v) is 5.11. The zero-order chi connectivity index (χ0) is 22.8. The Hall–Kier alpha value is -2.82. The summed E-state index contributed by atoms with van der Waals surface area (Å²) in [6, 6.07) is 15.4. The lowest BCUT2D eigenvalue weighted by Crippen LogP contribution is -2.48. The first-order valence-corrected chi connectivity index (χ1v) is 11.1. The Labute approximate surface area is 186 Å². The molecule has 0 saturated carbocycles. The van der Waals surface area contributed by atoms with Crippen molar-refractivity contribution in [3.63, 3.8) is 0 Å². The van der Waals surface area contributed by atoms with Crippen LogP contribution in [0.25, 0.3) is 0 Å². The number of aryl methyl sites for hydroxylation is 2. The first-order chi connectivity index (χ1) is 14.8. The number of carbonyl (C=O) groups excluding carboxylic acids is 2. The molecule has 0 aromatic heterocycles. The van der Waals surface area contributed by atoms with E-state index in [4.69, 9.17) is 4.74 Å². The quantitative estimate of drug-likeness (QED) is 0.534. The number of amides is 2. The highest BCUT2D eigenvalue weighted by Crippen LogP contribution is 2.15. The molecule has 0 heterocycles. The van der Waals surface area contributed by atoms with E-state index in [1.807, 2.05) is 56.3 Å². The van der Waals surface area contributed by atoms with Crippen molar-refractivity contribution >= 4 is 11.8 Å². The Kier molecular flexibility index (Phi) is 9.57. The summed E-state index contributed by atoms with van der Waals surface area (Å²) in [7, 11) is 0. The van der Waals surface area contributed by atoms with Crippen LogP contribution in [-0.2, 0) is 16.1 Å². The highest BCUT2D eigenvalue weighted by atomic mass is 16.5. The minimum absolute atomic E-state index is 0.0405. The Morgan fingerprint density at radius 1 is 1.00 bits per heavy atom. The van der Waals surface area contributed by atoms with Gasteiger partial charge in [0.2, 0.25) is 11.8 Å². The predicted molar refractivity (Wildman–Crippen MR) is 125 cm³/mol. The molecule has 1 atom stereocenters. The largest absolute Gasteiger partial charge is 0.494 e. The van der Waals surface area contributed by atoms with Crippen LogP contribution in [0.15, 0.2) is 48.5 Å². The maximum Gasteiger partial charge on any atom is 0.242 e. The molecule has 2 rings (SSSR count). The minimum atomic E-state index is -0.537. The molecule has 0 saturated heterocycles. The number of hydrogen-bond acceptors (Lipinski definition) is 3. The molecule has 2 aromatic carbocycles. The summed E-state index contributed by atoms with van der Waals surface area (Å²) in [5.74, 6) is 0.999. The molecule has 0 radical (unpaired) electrons. The first kappa shape index (κ1) is 24.4. The van der Waals surface area contributed by atoms with Crippen molar-refractivity contribution in [1.29, 1.82) is 0 Å². The highest BCUT2D eigenvalue weighted by Gasteiger charge is 2.25. The van der Waals surface area contributed by atoms with Crippen LogP contribution in [0.3, 0.4) is 0 Å². The zero-order valence-electron chi connectivity index (χ0n) is 19.5. The van der Waals surface area contributed by atoms with Gasteiger partial charge < -0.3 is 15.0 Å².